The van der Waals surface area contributed by atoms with Gasteiger partial charge in [-0.3, -0.25) is 13.9 Å². The lowest BCUT2D eigenvalue weighted by atomic mass is 9.99. The molecule has 1 saturated heterocycles. The van der Waals surface area contributed by atoms with Crippen molar-refractivity contribution in [1.82, 2.24) is 24.6 Å². The summed E-state index contributed by atoms with van der Waals surface area (Å²) in [6, 6.07) is 12.3. The predicted molar refractivity (Wildman–Crippen MR) is 178 cm³/mol. The van der Waals surface area contributed by atoms with Gasteiger partial charge in [0.15, 0.2) is 23.2 Å². The van der Waals surface area contributed by atoms with E-state index < -0.39 is 32.1 Å². The minimum Gasteiger partial charge on any atom is -0.464 e. The number of nitrogens with two attached hydrogens (primary N) is 1. The summed E-state index contributed by atoms with van der Waals surface area (Å²) in [6.45, 7) is 7.45. The fourth-order valence-corrected chi connectivity index (χ4v) is 6.82. The predicted octanol–water partition coefficient (Wildman–Crippen LogP) is 5.44. The maximum Gasteiger partial charge on any atom is 0.459 e. The summed E-state index contributed by atoms with van der Waals surface area (Å²) < 4.78 is 40.1. The number of imidazole rings is 1. The highest BCUT2D eigenvalue weighted by atomic mass is 31.2. The van der Waals surface area contributed by atoms with E-state index in [0.717, 1.165) is 23.6 Å². The number of anilines is 2. The van der Waals surface area contributed by atoms with E-state index in [9.17, 15) is 9.36 Å². The van der Waals surface area contributed by atoms with Crippen LogP contribution >= 0.6 is 7.75 Å². The Morgan fingerprint density at radius 2 is 1.98 bits per heavy atom. The topological polar surface area (TPSA) is 165 Å². The molecule has 2 aliphatic rings. The van der Waals surface area contributed by atoms with Crippen molar-refractivity contribution >= 4 is 47.4 Å². The van der Waals surface area contributed by atoms with Crippen molar-refractivity contribution < 1.29 is 27.9 Å². The quantitative estimate of drug-likeness (QED) is 0.100. The number of hydrogen-bond acceptors (Lipinski definition) is 11. The number of esters is 1. The Morgan fingerprint density at radius 1 is 1.21 bits per heavy atom. The smallest absolute Gasteiger partial charge is 0.459 e. The third kappa shape index (κ3) is 7.68. The number of aromatic nitrogens is 4. The van der Waals surface area contributed by atoms with Gasteiger partial charge in [-0.15, -0.1) is 6.42 Å². The van der Waals surface area contributed by atoms with Crippen molar-refractivity contribution in [3.8, 4) is 18.1 Å². The second-order valence-electron chi connectivity index (χ2n) is 13.2. The molecule has 13 nitrogen and oxygen atoms in total. The summed E-state index contributed by atoms with van der Waals surface area (Å²) in [4.78, 5) is 26.2. The highest BCUT2D eigenvalue weighted by Gasteiger charge is 2.40. The van der Waals surface area contributed by atoms with Gasteiger partial charge in [0.25, 0.3) is 0 Å². The number of carbonyl (C=O) groups is 1. The molecule has 5 atom stereocenters. The number of nitrogen functional groups attached to an aromatic ring is 1. The molecule has 4 N–H and O–H groups in total. The van der Waals surface area contributed by atoms with Crippen LogP contribution < -0.4 is 20.7 Å². The number of rotatable bonds is 12. The van der Waals surface area contributed by atoms with Crippen molar-refractivity contribution in [2.24, 2.45) is 11.3 Å². The van der Waals surface area contributed by atoms with Crippen molar-refractivity contribution in [1.29, 1.82) is 0 Å². The van der Waals surface area contributed by atoms with Gasteiger partial charge in [-0.25, -0.2) is 9.55 Å². The van der Waals surface area contributed by atoms with Gasteiger partial charge in [0.2, 0.25) is 5.95 Å². The lowest BCUT2D eigenvalue weighted by Crippen LogP contribution is -2.37. The lowest BCUT2D eigenvalue weighted by Gasteiger charge is -2.25. The minimum atomic E-state index is -4.19. The van der Waals surface area contributed by atoms with E-state index in [-0.39, 0.29) is 30.5 Å². The monoisotopic (exact) mass is 661 g/mol. The standard InChI is InChI=1S/C33H40N7O6P/c1-6-21-16-24(45-30(21)40-19-35-27-28(36-23-14-15-23)37-32(34)38-29(27)40)17-44-47(42,39-20(2)31(41)43-18-33(3,4)5)46-26-13-9-11-22-10-7-8-12-25(22)26/h1,7-13,19-21,23-24,30H,14-18H2,2-5H3,(H,39,42)(H3,34,36,37,38)/t20-,21-,24-,30+,47-/m0/s1. The van der Waals surface area contributed by atoms with Crippen molar-refractivity contribution in [2.75, 3.05) is 24.3 Å². The van der Waals surface area contributed by atoms with Crippen LogP contribution in [0.1, 0.15) is 53.2 Å². The molecule has 0 unspecified atom stereocenters. The first-order chi connectivity index (χ1) is 22.4. The Labute approximate surface area is 273 Å². The number of nitrogens with one attached hydrogen (secondary N) is 2. The van der Waals surface area contributed by atoms with Gasteiger partial charge in [-0.2, -0.15) is 15.1 Å². The van der Waals surface area contributed by atoms with Gasteiger partial charge in [0.1, 0.15) is 11.8 Å². The maximum atomic E-state index is 14.4. The maximum absolute atomic E-state index is 14.4. The molecule has 47 heavy (non-hydrogen) atoms. The molecule has 2 aromatic heterocycles. The molecule has 2 aromatic carbocycles. The van der Waals surface area contributed by atoms with Crippen molar-refractivity contribution in [3.05, 3.63) is 48.8 Å². The van der Waals surface area contributed by atoms with Gasteiger partial charge in [0.05, 0.1) is 31.6 Å². The summed E-state index contributed by atoms with van der Waals surface area (Å²) in [6.07, 6.45) is 8.85. The number of ether oxygens (including phenoxy) is 2. The Balaban J connectivity index is 1.21. The van der Waals surface area contributed by atoms with Gasteiger partial charge < -0.3 is 25.0 Å². The number of hydrogen-bond donors (Lipinski definition) is 3. The van der Waals surface area contributed by atoms with Gasteiger partial charge in [-0.05, 0) is 43.1 Å². The molecule has 0 spiro atoms. The molecule has 3 heterocycles. The molecule has 248 valence electrons. The normalized spacial score (nSPS) is 21.6. The van der Waals surface area contributed by atoms with Gasteiger partial charge in [-0.1, -0.05) is 63.1 Å². The Hall–Kier alpha value is -4.21. The van der Waals surface area contributed by atoms with Crippen LogP contribution in [-0.4, -0.2) is 56.9 Å². The highest BCUT2D eigenvalue weighted by molar-refractivity contribution is 7.52. The number of terminal acetylenes is 1. The van der Waals surface area contributed by atoms with Crippen LogP contribution in [0.3, 0.4) is 0 Å². The molecule has 1 saturated carbocycles. The molecule has 0 amide bonds. The molecular formula is C33H40N7O6P. The van der Waals surface area contributed by atoms with Crippen LogP contribution in [0.2, 0.25) is 0 Å². The summed E-state index contributed by atoms with van der Waals surface area (Å²) in [5.41, 5.74) is 6.86. The number of carbonyl (C=O) groups excluding carboxylic acids is 1. The van der Waals surface area contributed by atoms with Gasteiger partial charge in [0, 0.05) is 11.4 Å². The molecule has 1 aliphatic carbocycles. The van der Waals surface area contributed by atoms with Crippen molar-refractivity contribution in [3.63, 3.8) is 0 Å². The minimum absolute atomic E-state index is 0.102. The summed E-state index contributed by atoms with van der Waals surface area (Å²) in [7, 11) is -4.19. The zero-order valence-electron chi connectivity index (χ0n) is 26.9. The molecular weight excluding hydrogens is 621 g/mol. The summed E-state index contributed by atoms with van der Waals surface area (Å²) >= 11 is 0. The Kier molecular flexibility index (Phi) is 9.14. The van der Waals surface area contributed by atoms with E-state index in [2.05, 4.69) is 31.3 Å². The van der Waals surface area contributed by atoms with Crippen LogP contribution in [0.5, 0.6) is 5.75 Å². The average molecular weight is 662 g/mol. The Morgan fingerprint density at radius 3 is 2.72 bits per heavy atom. The first-order valence-corrected chi connectivity index (χ1v) is 17.2. The highest BCUT2D eigenvalue weighted by Crippen LogP contribution is 2.48. The van der Waals surface area contributed by atoms with E-state index >= 15 is 0 Å². The van der Waals surface area contributed by atoms with E-state index in [1.165, 1.54) is 0 Å². The third-order valence-corrected chi connectivity index (χ3v) is 9.42. The third-order valence-electron chi connectivity index (χ3n) is 7.79. The second-order valence-corrected chi connectivity index (χ2v) is 14.9. The molecule has 0 radical (unpaired) electrons. The number of nitrogens with zero attached hydrogens (tertiary/aromatic N) is 4. The largest absolute Gasteiger partial charge is 0.464 e. The van der Waals surface area contributed by atoms with Crippen LogP contribution in [-0.2, 0) is 23.4 Å². The molecule has 4 aromatic rings. The van der Waals surface area contributed by atoms with E-state index in [0.29, 0.717) is 35.2 Å². The molecule has 6 rings (SSSR count). The fourth-order valence-electron chi connectivity index (χ4n) is 5.28. The molecule has 1 aliphatic heterocycles. The SMILES string of the molecule is C#C[C@H]1C[C@@H](CO[P@@](=O)(N[C@@H](C)C(=O)OCC(C)(C)C)Oc2cccc3ccccc23)O[C@H]1n1cnc2c(NC3CC3)nc(N)nc21. The first kappa shape index (κ1) is 32.7. The van der Waals surface area contributed by atoms with Crippen LogP contribution in [0.4, 0.5) is 11.8 Å². The number of benzene rings is 2. The van der Waals surface area contributed by atoms with Crippen LogP contribution in [0.15, 0.2) is 48.8 Å². The molecule has 0 bridgehead atoms. The molecule has 14 heteroatoms. The molecule has 2 fully saturated rings. The second kappa shape index (κ2) is 13.1. The van der Waals surface area contributed by atoms with E-state index in [4.69, 9.17) is 30.7 Å². The summed E-state index contributed by atoms with van der Waals surface area (Å²) in [5.74, 6) is 2.84. The average Bonchev–Trinajstić information content (AvgIpc) is 3.59. The zero-order valence-corrected chi connectivity index (χ0v) is 27.8. The van der Waals surface area contributed by atoms with Crippen molar-refractivity contribution in [2.45, 2.75) is 71.4 Å². The zero-order chi connectivity index (χ0) is 33.3. The van der Waals surface area contributed by atoms with E-state index in [1.807, 2.05) is 51.1 Å². The van der Waals surface area contributed by atoms with Crippen LogP contribution in [0.25, 0.3) is 21.9 Å². The van der Waals surface area contributed by atoms with E-state index in [1.54, 1.807) is 30.0 Å². The summed E-state index contributed by atoms with van der Waals surface area (Å²) in [5, 5.41) is 7.75. The lowest BCUT2D eigenvalue weighted by molar-refractivity contribution is -0.148. The Bertz CT molecular complexity index is 1860. The number of fused-ring (bicyclic) bond motifs is 2. The van der Waals surface area contributed by atoms with Crippen LogP contribution in [0, 0.1) is 23.7 Å². The first-order valence-electron chi connectivity index (χ1n) is 15.7. The van der Waals surface area contributed by atoms with Gasteiger partial charge >= 0.3 is 13.7 Å². The fraction of sp³-hybridized carbons (Fsp3) is 0.455.